The quantitative estimate of drug-likeness (QED) is 0.843. The van der Waals surface area contributed by atoms with Crippen molar-refractivity contribution in [3.8, 4) is 0 Å². The first kappa shape index (κ1) is 20.1. The van der Waals surface area contributed by atoms with Crippen LogP contribution in [-0.2, 0) is 4.79 Å². The average Bonchev–Trinajstić information content (AvgIpc) is 3.19. The van der Waals surface area contributed by atoms with Crippen molar-refractivity contribution in [2.24, 2.45) is 0 Å². The van der Waals surface area contributed by atoms with Crippen molar-refractivity contribution in [2.45, 2.75) is 44.6 Å². The second-order valence-corrected chi connectivity index (χ2v) is 6.12. The first-order valence-corrected chi connectivity index (χ1v) is 8.19. The van der Waals surface area contributed by atoms with E-state index in [4.69, 9.17) is 0 Å². The first-order chi connectivity index (χ1) is 10.3. The normalized spacial score (nSPS) is 19.8. The summed E-state index contributed by atoms with van der Waals surface area (Å²) in [5.74, 6) is 0.127. The number of hydrogen-bond donors (Lipinski definition) is 2. The molecule has 130 valence electrons. The van der Waals surface area contributed by atoms with Crippen LogP contribution < -0.4 is 15.5 Å². The molecule has 0 radical (unpaired) electrons. The summed E-state index contributed by atoms with van der Waals surface area (Å²) in [6, 6.07) is 8.76. The van der Waals surface area contributed by atoms with Crippen LogP contribution >= 0.6 is 24.8 Å². The summed E-state index contributed by atoms with van der Waals surface area (Å²) in [5, 5.41) is 6.47. The number of amides is 1. The van der Waals surface area contributed by atoms with E-state index < -0.39 is 0 Å². The van der Waals surface area contributed by atoms with Crippen molar-refractivity contribution in [1.82, 2.24) is 5.32 Å². The SMILES string of the molecule is Cl.Cl.O=C(CCC1CCCN1)Nc1cccc(N2CCCC2)c1. The van der Waals surface area contributed by atoms with Gasteiger partial charge in [-0.05, 0) is 56.8 Å². The molecule has 4 nitrogen and oxygen atoms in total. The van der Waals surface area contributed by atoms with Crippen LogP contribution in [0.4, 0.5) is 11.4 Å². The Bertz CT molecular complexity index is 486. The lowest BCUT2D eigenvalue weighted by Gasteiger charge is -2.18. The molecule has 2 aliphatic rings. The summed E-state index contributed by atoms with van der Waals surface area (Å²) < 4.78 is 0. The van der Waals surface area contributed by atoms with Gasteiger partial charge >= 0.3 is 0 Å². The Morgan fingerprint density at radius 2 is 2.00 bits per heavy atom. The van der Waals surface area contributed by atoms with E-state index in [9.17, 15) is 4.79 Å². The number of nitrogens with zero attached hydrogens (tertiary/aromatic N) is 1. The van der Waals surface area contributed by atoms with Crippen LogP contribution in [0, 0.1) is 0 Å². The molecular weight excluding hydrogens is 333 g/mol. The number of nitrogens with one attached hydrogen (secondary N) is 2. The molecule has 23 heavy (non-hydrogen) atoms. The third kappa shape index (κ3) is 5.87. The van der Waals surface area contributed by atoms with Gasteiger partial charge in [-0.2, -0.15) is 0 Å². The molecule has 1 aromatic rings. The topological polar surface area (TPSA) is 44.4 Å². The summed E-state index contributed by atoms with van der Waals surface area (Å²) in [7, 11) is 0. The fourth-order valence-corrected chi connectivity index (χ4v) is 3.29. The van der Waals surface area contributed by atoms with Crippen molar-refractivity contribution in [2.75, 3.05) is 29.9 Å². The summed E-state index contributed by atoms with van der Waals surface area (Å²) in [6.07, 6.45) is 6.53. The number of hydrogen-bond acceptors (Lipinski definition) is 3. The van der Waals surface area contributed by atoms with E-state index in [-0.39, 0.29) is 30.7 Å². The number of halogens is 2. The Morgan fingerprint density at radius 1 is 1.22 bits per heavy atom. The lowest BCUT2D eigenvalue weighted by atomic mass is 10.1. The van der Waals surface area contributed by atoms with Crippen LogP contribution in [0.25, 0.3) is 0 Å². The van der Waals surface area contributed by atoms with Crippen molar-refractivity contribution in [3.05, 3.63) is 24.3 Å². The Kier molecular flexibility index (Phi) is 8.74. The van der Waals surface area contributed by atoms with E-state index in [0.717, 1.165) is 31.7 Å². The summed E-state index contributed by atoms with van der Waals surface area (Å²) in [5.41, 5.74) is 2.14. The summed E-state index contributed by atoms with van der Waals surface area (Å²) in [4.78, 5) is 14.4. The molecule has 2 heterocycles. The Labute approximate surface area is 151 Å². The second-order valence-electron chi connectivity index (χ2n) is 6.12. The molecule has 0 aliphatic carbocycles. The third-order valence-corrected chi connectivity index (χ3v) is 4.48. The van der Waals surface area contributed by atoms with E-state index in [2.05, 4.69) is 27.7 Å². The predicted molar refractivity (Wildman–Crippen MR) is 101 cm³/mol. The highest BCUT2D eigenvalue weighted by Crippen LogP contribution is 2.23. The molecule has 1 aromatic carbocycles. The van der Waals surface area contributed by atoms with Gasteiger partial charge in [0.15, 0.2) is 0 Å². The van der Waals surface area contributed by atoms with Gasteiger partial charge in [-0.3, -0.25) is 4.79 Å². The summed E-state index contributed by atoms with van der Waals surface area (Å²) in [6.45, 7) is 3.36. The van der Waals surface area contributed by atoms with Crippen LogP contribution in [0.1, 0.15) is 38.5 Å². The minimum atomic E-state index is 0. The lowest BCUT2D eigenvalue weighted by Crippen LogP contribution is -2.23. The van der Waals surface area contributed by atoms with Crippen LogP contribution in [0.2, 0.25) is 0 Å². The maximum absolute atomic E-state index is 12.0. The monoisotopic (exact) mass is 359 g/mol. The molecule has 0 spiro atoms. The molecule has 3 rings (SSSR count). The van der Waals surface area contributed by atoms with E-state index in [1.54, 1.807) is 0 Å². The minimum absolute atomic E-state index is 0. The van der Waals surface area contributed by atoms with Crippen LogP contribution in [0.15, 0.2) is 24.3 Å². The predicted octanol–water partition coefficient (Wildman–Crippen LogP) is 3.60. The zero-order chi connectivity index (χ0) is 14.5. The highest BCUT2D eigenvalue weighted by molar-refractivity contribution is 5.91. The van der Waals surface area contributed by atoms with Crippen molar-refractivity contribution in [3.63, 3.8) is 0 Å². The molecule has 0 aromatic heterocycles. The van der Waals surface area contributed by atoms with Gasteiger partial charge in [-0.15, -0.1) is 24.8 Å². The molecule has 1 atom stereocenters. The standard InChI is InChI=1S/C17H25N3O.2ClH/c21-17(9-8-14-6-4-10-18-14)19-15-5-3-7-16(13-15)20-11-1-2-12-20;;/h3,5,7,13-14,18H,1-2,4,6,8-12H2,(H,19,21);2*1H. The second kappa shape index (κ2) is 10.0. The molecule has 6 heteroatoms. The smallest absolute Gasteiger partial charge is 0.224 e. The fourth-order valence-electron chi connectivity index (χ4n) is 3.29. The van der Waals surface area contributed by atoms with E-state index in [1.807, 2.05) is 12.1 Å². The van der Waals surface area contributed by atoms with Crippen LogP contribution in [-0.4, -0.2) is 31.6 Å². The lowest BCUT2D eigenvalue weighted by molar-refractivity contribution is -0.116. The maximum Gasteiger partial charge on any atom is 0.224 e. The molecule has 2 N–H and O–H groups in total. The maximum atomic E-state index is 12.0. The molecule has 2 saturated heterocycles. The summed E-state index contributed by atoms with van der Waals surface area (Å²) >= 11 is 0. The van der Waals surface area contributed by atoms with Crippen molar-refractivity contribution < 1.29 is 4.79 Å². The molecule has 0 saturated carbocycles. The molecule has 1 unspecified atom stereocenters. The molecular formula is C17H27Cl2N3O. The van der Waals surface area contributed by atoms with E-state index in [1.165, 1.54) is 31.4 Å². The zero-order valence-electron chi connectivity index (χ0n) is 13.4. The molecule has 1 amide bonds. The third-order valence-electron chi connectivity index (χ3n) is 4.48. The van der Waals surface area contributed by atoms with Gasteiger partial charge in [0.1, 0.15) is 0 Å². The molecule has 2 aliphatic heterocycles. The number of anilines is 2. The van der Waals surface area contributed by atoms with E-state index in [0.29, 0.717) is 12.5 Å². The Hall–Kier alpha value is -0.970. The Morgan fingerprint density at radius 3 is 2.70 bits per heavy atom. The number of rotatable bonds is 5. The van der Waals surface area contributed by atoms with Gasteiger partial charge in [-0.25, -0.2) is 0 Å². The van der Waals surface area contributed by atoms with Crippen LogP contribution in [0.5, 0.6) is 0 Å². The highest BCUT2D eigenvalue weighted by atomic mass is 35.5. The number of benzene rings is 1. The molecule has 2 fully saturated rings. The largest absolute Gasteiger partial charge is 0.371 e. The Balaban J connectivity index is 0.00000132. The first-order valence-electron chi connectivity index (χ1n) is 8.19. The van der Waals surface area contributed by atoms with Gasteiger partial charge in [0.2, 0.25) is 5.91 Å². The van der Waals surface area contributed by atoms with Gasteiger partial charge in [0, 0.05) is 36.9 Å². The highest BCUT2D eigenvalue weighted by Gasteiger charge is 2.16. The van der Waals surface area contributed by atoms with Gasteiger partial charge in [0.05, 0.1) is 0 Å². The fraction of sp³-hybridized carbons (Fsp3) is 0.588. The number of carbonyl (C=O) groups is 1. The van der Waals surface area contributed by atoms with Gasteiger partial charge in [-0.1, -0.05) is 6.07 Å². The van der Waals surface area contributed by atoms with Gasteiger partial charge < -0.3 is 15.5 Å². The molecule has 0 bridgehead atoms. The average molecular weight is 360 g/mol. The van der Waals surface area contributed by atoms with Crippen molar-refractivity contribution >= 4 is 42.1 Å². The number of carbonyl (C=O) groups excluding carboxylic acids is 1. The van der Waals surface area contributed by atoms with Crippen molar-refractivity contribution in [1.29, 1.82) is 0 Å². The van der Waals surface area contributed by atoms with E-state index >= 15 is 0 Å². The zero-order valence-corrected chi connectivity index (χ0v) is 15.1. The minimum Gasteiger partial charge on any atom is -0.371 e. The van der Waals surface area contributed by atoms with Gasteiger partial charge in [0.25, 0.3) is 0 Å². The van der Waals surface area contributed by atoms with Crippen LogP contribution in [0.3, 0.4) is 0 Å².